The fraction of sp³-hybridized carbons (Fsp3) is 0.429. The number of aromatic nitrogens is 3. The molecule has 6 nitrogen and oxygen atoms in total. The lowest BCUT2D eigenvalue weighted by molar-refractivity contribution is -0.385. The van der Waals surface area contributed by atoms with Gasteiger partial charge in [-0.25, -0.2) is 27.2 Å². The van der Waals surface area contributed by atoms with Gasteiger partial charge < -0.3 is 0 Å². The quantitative estimate of drug-likeness (QED) is 0.383. The Labute approximate surface area is 150 Å². The molecule has 0 saturated carbocycles. The zero-order valence-electron chi connectivity index (χ0n) is 13.7. The molecule has 0 aliphatic heterocycles. The Morgan fingerprint density at radius 1 is 1.11 bits per heavy atom. The normalized spacial score (nSPS) is 12.8. The van der Waals surface area contributed by atoms with E-state index in [0.29, 0.717) is 0 Å². The molecule has 0 bridgehead atoms. The molecular weight excluding hydrogens is 408 g/mol. The van der Waals surface area contributed by atoms with Gasteiger partial charge in [-0.15, -0.1) is 5.10 Å². The zero-order chi connectivity index (χ0) is 21.4. The molecule has 2 rings (SSSR count). The predicted octanol–water partition coefficient (Wildman–Crippen LogP) is 4.26. The molecule has 0 N–H and O–H groups in total. The third kappa shape index (κ3) is 3.89. The number of halogens is 8. The topological polar surface area (TPSA) is 73.8 Å². The van der Waals surface area contributed by atoms with Crippen molar-refractivity contribution in [1.29, 1.82) is 0 Å². The van der Waals surface area contributed by atoms with E-state index in [4.69, 9.17) is 0 Å². The molecule has 0 atom stereocenters. The molecular formula is C14H10F8N4O2. The molecule has 0 aliphatic carbocycles. The van der Waals surface area contributed by atoms with Crippen LogP contribution in [0, 0.1) is 17.0 Å². The summed E-state index contributed by atoms with van der Waals surface area (Å²) in [5.41, 5.74) is -0.306. The van der Waals surface area contributed by atoms with Crippen molar-refractivity contribution >= 4 is 5.69 Å². The van der Waals surface area contributed by atoms with E-state index in [1.165, 1.54) is 6.92 Å². The van der Waals surface area contributed by atoms with E-state index < -0.39 is 47.8 Å². The molecule has 0 unspecified atom stereocenters. The number of nitro benzene ring substituents is 1. The van der Waals surface area contributed by atoms with Crippen molar-refractivity contribution in [2.24, 2.45) is 0 Å². The van der Waals surface area contributed by atoms with Gasteiger partial charge in [0.15, 0.2) is 0 Å². The van der Waals surface area contributed by atoms with E-state index >= 15 is 0 Å². The summed E-state index contributed by atoms with van der Waals surface area (Å²) in [4.78, 5) is 12.6. The second-order valence-electron chi connectivity index (χ2n) is 5.64. The Bertz CT molecular complexity index is 884. The number of nitro groups is 1. The Morgan fingerprint density at radius 3 is 2.14 bits per heavy atom. The van der Waals surface area contributed by atoms with Gasteiger partial charge in [0.2, 0.25) is 11.6 Å². The lowest BCUT2D eigenvalue weighted by atomic mass is 10.1. The molecule has 154 valence electrons. The van der Waals surface area contributed by atoms with Crippen LogP contribution in [-0.2, 0) is 18.4 Å². The van der Waals surface area contributed by atoms with Crippen LogP contribution in [0.1, 0.15) is 22.8 Å². The first-order valence-corrected chi connectivity index (χ1v) is 7.30. The van der Waals surface area contributed by atoms with Crippen LogP contribution in [0.5, 0.6) is 0 Å². The summed E-state index contributed by atoms with van der Waals surface area (Å²) in [5, 5.41) is 13.6. The highest BCUT2D eigenvalue weighted by atomic mass is 19.3. The molecule has 28 heavy (non-hydrogen) atoms. The van der Waals surface area contributed by atoms with Crippen LogP contribution in [0.3, 0.4) is 0 Å². The molecule has 0 saturated heterocycles. The maximum atomic E-state index is 13.7. The van der Waals surface area contributed by atoms with E-state index in [1.54, 1.807) is 0 Å². The summed E-state index contributed by atoms with van der Waals surface area (Å²) in [6.07, 6.45) is -8.74. The fourth-order valence-corrected chi connectivity index (χ4v) is 2.23. The fourth-order valence-electron chi connectivity index (χ4n) is 2.23. The summed E-state index contributed by atoms with van der Waals surface area (Å²) in [5.74, 6) is -14.1. The molecule has 0 fully saturated rings. The lowest BCUT2D eigenvalue weighted by Gasteiger charge is -2.15. The van der Waals surface area contributed by atoms with Crippen LogP contribution >= 0.6 is 0 Å². The van der Waals surface area contributed by atoms with Crippen molar-refractivity contribution in [1.82, 2.24) is 14.8 Å². The average Bonchev–Trinajstić information content (AvgIpc) is 2.99. The summed E-state index contributed by atoms with van der Waals surface area (Å²) >= 11 is 0. The maximum absolute atomic E-state index is 13.7. The summed E-state index contributed by atoms with van der Waals surface area (Å²) in [6.45, 7) is 0.441. The molecule has 0 amide bonds. The van der Waals surface area contributed by atoms with Gasteiger partial charge in [-0.3, -0.25) is 10.1 Å². The Hall–Kier alpha value is -2.80. The van der Waals surface area contributed by atoms with Crippen LogP contribution < -0.4 is 0 Å². The van der Waals surface area contributed by atoms with E-state index in [-0.39, 0.29) is 21.5 Å². The first-order valence-electron chi connectivity index (χ1n) is 7.30. The smallest absolute Gasteiger partial charge is 0.258 e. The van der Waals surface area contributed by atoms with Gasteiger partial charge in [0, 0.05) is 11.6 Å². The molecule has 1 heterocycles. The van der Waals surface area contributed by atoms with E-state index in [0.717, 1.165) is 18.2 Å². The van der Waals surface area contributed by atoms with Gasteiger partial charge in [0.25, 0.3) is 5.69 Å². The van der Waals surface area contributed by atoms with Crippen LogP contribution in [0.4, 0.5) is 40.8 Å². The minimum atomic E-state index is -5.06. The van der Waals surface area contributed by atoms with Crippen molar-refractivity contribution < 1.29 is 40.0 Å². The minimum Gasteiger partial charge on any atom is -0.258 e. The highest BCUT2D eigenvalue weighted by Gasteiger charge is 2.52. The first-order chi connectivity index (χ1) is 12.8. The number of benzene rings is 1. The molecule has 0 spiro atoms. The van der Waals surface area contributed by atoms with Crippen molar-refractivity contribution in [3.8, 4) is 0 Å². The SMILES string of the molecule is Cc1cc(Cn2nc(C(F)(F)C(F)F)nc2C(F)(F)C(F)F)ccc1[N+](=O)[O-]. The average molecular weight is 418 g/mol. The van der Waals surface area contributed by atoms with Crippen molar-refractivity contribution in [3.05, 3.63) is 51.1 Å². The lowest BCUT2D eigenvalue weighted by Crippen LogP contribution is -2.29. The molecule has 14 heteroatoms. The minimum absolute atomic E-state index is 0.0220. The van der Waals surface area contributed by atoms with Gasteiger partial charge in [-0.05, 0) is 18.6 Å². The number of aryl methyl sites for hydroxylation is 1. The van der Waals surface area contributed by atoms with Gasteiger partial charge in [0.1, 0.15) is 0 Å². The van der Waals surface area contributed by atoms with Gasteiger partial charge >= 0.3 is 24.7 Å². The number of hydrogen-bond acceptors (Lipinski definition) is 4. The van der Waals surface area contributed by atoms with E-state index in [9.17, 15) is 45.2 Å². The highest BCUT2D eigenvalue weighted by Crippen LogP contribution is 2.38. The molecule has 1 aromatic heterocycles. The number of rotatable bonds is 7. The predicted molar refractivity (Wildman–Crippen MR) is 76.8 cm³/mol. The number of nitrogens with zero attached hydrogens (tertiary/aromatic N) is 4. The molecule has 0 aliphatic rings. The van der Waals surface area contributed by atoms with Gasteiger partial charge in [0.05, 0.1) is 11.5 Å². The highest BCUT2D eigenvalue weighted by molar-refractivity contribution is 5.41. The standard InChI is InChI=1S/C14H10F8N4O2/c1-6-4-7(2-3-8(6)26(27)28)5-25-12(14(21,22)10(17)18)23-11(24-25)13(19,20)9(15)16/h2-4,9-10H,5H2,1H3. The second-order valence-corrected chi connectivity index (χ2v) is 5.64. The van der Waals surface area contributed by atoms with E-state index in [1.807, 2.05) is 0 Å². The van der Waals surface area contributed by atoms with Crippen molar-refractivity contribution in [3.63, 3.8) is 0 Å². The van der Waals surface area contributed by atoms with Crippen LogP contribution in [0.15, 0.2) is 18.2 Å². The zero-order valence-corrected chi connectivity index (χ0v) is 13.7. The first kappa shape index (κ1) is 21.5. The third-order valence-electron chi connectivity index (χ3n) is 3.61. The second kappa shape index (κ2) is 7.31. The maximum Gasteiger partial charge on any atom is 0.367 e. The summed E-state index contributed by atoms with van der Waals surface area (Å²) < 4.78 is 104. The van der Waals surface area contributed by atoms with Gasteiger partial charge in [-0.2, -0.15) is 17.6 Å². The molecule has 2 aromatic rings. The number of hydrogen-bond donors (Lipinski definition) is 0. The van der Waals surface area contributed by atoms with Gasteiger partial charge in [-0.1, -0.05) is 6.07 Å². The van der Waals surface area contributed by atoms with Crippen molar-refractivity contribution in [2.75, 3.05) is 0 Å². The summed E-state index contributed by atoms with van der Waals surface area (Å²) in [6, 6.07) is 3.12. The number of alkyl halides is 8. The molecule has 1 aromatic carbocycles. The Morgan fingerprint density at radius 2 is 1.68 bits per heavy atom. The van der Waals surface area contributed by atoms with Crippen LogP contribution in [0.2, 0.25) is 0 Å². The van der Waals surface area contributed by atoms with E-state index in [2.05, 4.69) is 10.1 Å². The monoisotopic (exact) mass is 418 g/mol. The molecule has 0 radical (unpaired) electrons. The summed E-state index contributed by atoms with van der Waals surface area (Å²) in [7, 11) is 0. The largest absolute Gasteiger partial charge is 0.367 e. The third-order valence-corrected chi connectivity index (χ3v) is 3.61. The van der Waals surface area contributed by atoms with Crippen LogP contribution in [-0.4, -0.2) is 32.5 Å². The van der Waals surface area contributed by atoms with Crippen molar-refractivity contribution in [2.45, 2.75) is 38.2 Å². The van der Waals surface area contributed by atoms with Crippen LogP contribution in [0.25, 0.3) is 0 Å². The Balaban J connectivity index is 2.54. The Kier molecular flexibility index (Phi) is 5.62.